The summed E-state index contributed by atoms with van der Waals surface area (Å²) in [5.41, 5.74) is 2.49. The fourth-order valence-electron chi connectivity index (χ4n) is 3.72. The Morgan fingerprint density at radius 3 is 2.43 bits per heavy atom. The number of para-hydroxylation sites is 1. The summed E-state index contributed by atoms with van der Waals surface area (Å²) in [5, 5.41) is 10.8. The molecule has 7 nitrogen and oxygen atoms in total. The number of anilines is 2. The van der Waals surface area contributed by atoms with Crippen molar-refractivity contribution >= 4 is 23.3 Å². The Bertz CT molecular complexity index is 867. The average molecular weight is 412 g/mol. The van der Waals surface area contributed by atoms with E-state index >= 15 is 0 Å². The maximum Gasteiger partial charge on any atom is 0.227 e. The van der Waals surface area contributed by atoms with E-state index in [-0.39, 0.29) is 23.7 Å². The number of carbonyl (C=O) groups is 2. The number of carbonyl (C=O) groups excluding carboxylic acids is 2. The van der Waals surface area contributed by atoms with Gasteiger partial charge in [-0.1, -0.05) is 39.0 Å². The molecule has 0 radical (unpaired) electrons. The molecule has 2 heterocycles. The van der Waals surface area contributed by atoms with Crippen molar-refractivity contribution in [1.82, 2.24) is 15.1 Å². The third-order valence-corrected chi connectivity index (χ3v) is 5.52. The number of nitrogens with zero attached hydrogens (tertiary/aromatic N) is 3. The quantitative estimate of drug-likeness (QED) is 0.731. The number of piperidine rings is 1. The molecule has 2 aromatic rings. The molecule has 7 heteroatoms. The first kappa shape index (κ1) is 21.9. The number of hydrogen-bond donors (Lipinski definition) is 2. The van der Waals surface area contributed by atoms with Crippen molar-refractivity contribution in [3.63, 3.8) is 0 Å². The second kappa shape index (κ2) is 9.78. The van der Waals surface area contributed by atoms with Crippen molar-refractivity contribution in [2.75, 3.05) is 29.9 Å². The maximum absolute atomic E-state index is 12.5. The van der Waals surface area contributed by atoms with Crippen molar-refractivity contribution < 1.29 is 9.59 Å². The Kier molecular flexibility index (Phi) is 7.13. The minimum atomic E-state index is -0.120. The van der Waals surface area contributed by atoms with Gasteiger partial charge in [0.1, 0.15) is 5.69 Å². The van der Waals surface area contributed by atoms with E-state index in [9.17, 15) is 9.59 Å². The standard InChI is InChI=1S/C23H33N5O2/c1-5-13-24-22(30)18-11-14-27(15-12-18)23-20(25-21(29)16(2)3)17(4)26-28(23)19-9-7-6-8-10-19/h6-10,16,18H,5,11-15H2,1-4H3,(H,24,30)(H,25,29). The summed E-state index contributed by atoms with van der Waals surface area (Å²) in [6, 6.07) is 9.95. The highest BCUT2D eigenvalue weighted by Gasteiger charge is 2.30. The van der Waals surface area contributed by atoms with E-state index in [1.807, 2.05) is 55.8 Å². The Labute approximate surface area is 178 Å². The summed E-state index contributed by atoms with van der Waals surface area (Å²) in [4.78, 5) is 27.1. The molecule has 162 valence electrons. The lowest BCUT2D eigenvalue weighted by Gasteiger charge is -2.33. The van der Waals surface area contributed by atoms with Crippen molar-refractivity contribution in [1.29, 1.82) is 0 Å². The summed E-state index contributed by atoms with van der Waals surface area (Å²) in [6.45, 7) is 9.95. The lowest BCUT2D eigenvalue weighted by atomic mass is 9.95. The summed E-state index contributed by atoms with van der Waals surface area (Å²) >= 11 is 0. The number of hydrogen-bond acceptors (Lipinski definition) is 4. The van der Waals surface area contributed by atoms with Crippen LogP contribution in [0.3, 0.4) is 0 Å². The highest BCUT2D eigenvalue weighted by atomic mass is 16.2. The van der Waals surface area contributed by atoms with Gasteiger partial charge in [-0.25, -0.2) is 4.68 Å². The molecule has 1 fully saturated rings. The average Bonchev–Trinajstić information content (AvgIpc) is 3.08. The Morgan fingerprint density at radius 1 is 1.17 bits per heavy atom. The van der Waals surface area contributed by atoms with Gasteiger partial charge in [0.25, 0.3) is 0 Å². The van der Waals surface area contributed by atoms with E-state index in [0.717, 1.165) is 61.8 Å². The van der Waals surface area contributed by atoms with E-state index in [1.165, 1.54) is 0 Å². The SMILES string of the molecule is CCCNC(=O)C1CCN(c2c(NC(=O)C(C)C)c(C)nn2-c2ccccc2)CC1. The van der Waals surface area contributed by atoms with Gasteiger partial charge >= 0.3 is 0 Å². The number of rotatable bonds is 7. The van der Waals surface area contributed by atoms with Crippen LogP contribution in [0.5, 0.6) is 0 Å². The third-order valence-electron chi connectivity index (χ3n) is 5.52. The van der Waals surface area contributed by atoms with Gasteiger partial charge in [0.15, 0.2) is 5.82 Å². The van der Waals surface area contributed by atoms with Gasteiger partial charge in [0, 0.05) is 31.5 Å². The molecule has 0 saturated carbocycles. The highest BCUT2D eigenvalue weighted by molar-refractivity contribution is 5.96. The van der Waals surface area contributed by atoms with Crippen LogP contribution in [-0.4, -0.2) is 41.2 Å². The molecule has 3 rings (SSSR count). The van der Waals surface area contributed by atoms with Crippen molar-refractivity contribution in [3.05, 3.63) is 36.0 Å². The van der Waals surface area contributed by atoms with Crippen LogP contribution >= 0.6 is 0 Å². The van der Waals surface area contributed by atoms with E-state index in [0.29, 0.717) is 0 Å². The van der Waals surface area contributed by atoms with Crippen LogP contribution in [0.1, 0.15) is 45.7 Å². The van der Waals surface area contributed by atoms with Gasteiger partial charge in [-0.3, -0.25) is 9.59 Å². The molecule has 0 bridgehead atoms. The molecule has 1 saturated heterocycles. The van der Waals surface area contributed by atoms with Gasteiger partial charge in [0.2, 0.25) is 11.8 Å². The maximum atomic E-state index is 12.5. The third kappa shape index (κ3) is 4.83. The molecule has 1 aliphatic rings. The monoisotopic (exact) mass is 411 g/mol. The molecule has 2 N–H and O–H groups in total. The van der Waals surface area contributed by atoms with E-state index < -0.39 is 0 Å². The van der Waals surface area contributed by atoms with Gasteiger partial charge in [-0.05, 0) is 38.3 Å². The first-order valence-corrected chi connectivity index (χ1v) is 10.9. The van der Waals surface area contributed by atoms with Crippen LogP contribution in [0.2, 0.25) is 0 Å². The second-order valence-electron chi connectivity index (χ2n) is 8.23. The number of aryl methyl sites for hydroxylation is 1. The Morgan fingerprint density at radius 2 is 1.83 bits per heavy atom. The minimum Gasteiger partial charge on any atom is -0.356 e. The van der Waals surface area contributed by atoms with Crippen molar-refractivity contribution in [3.8, 4) is 5.69 Å². The predicted molar refractivity (Wildman–Crippen MR) is 120 cm³/mol. The zero-order chi connectivity index (χ0) is 21.7. The molecule has 0 atom stereocenters. The van der Waals surface area contributed by atoms with Crippen molar-refractivity contribution in [2.24, 2.45) is 11.8 Å². The van der Waals surface area contributed by atoms with E-state index in [4.69, 9.17) is 5.10 Å². The number of nitrogens with one attached hydrogen (secondary N) is 2. The first-order chi connectivity index (χ1) is 14.4. The summed E-state index contributed by atoms with van der Waals surface area (Å²) in [5.74, 6) is 0.930. The van der Waals surface area contributed by atoms with E-state index in [1.54, 1.807) is 0 Å². The predicted octanol–water partition coefficient (Wildman–Crippen LogP) is 3.52. The molecule has 30 heavy (non-hydrogen) atoms. The summed E-state index contributed by atoms with van der Waals surface area (Å²) in [6.07, 6.45) is 2.51. The first-order valence-electron chi connectivity index (χ1n) is 10.9. The number of benzene rings is 1. The van der Waals surface area contributed by atoms with Gasteiger partial charge in [-0.2, -0.15) is 5.10 Å². The fraction of sp³-hybridized carbons (Fsp3) is 0.522. The lowest BCUT2D eigenvalue weighted by molar-refractivity contribution is -0.125. The lowest BCUT2D eigenvalue weighted by Crippen LogP contribution is -2.41. The van der Waals surface area contributed by atoms with Crippen LogP contribution < -0.4 is 15.5 Å². The van der Waals surface area contributed by atoms with Crippen molar-refractivity contribution in [2.45, 2.75) is 47.0 Å². The molecule has 0 spiro atoms. The van der Waals surface area contributed by atoms with E-state index in [2.05, 4.69) is 22.5 Å². The van der Waals surface area contributed by atoms with Gasteiger partial charge < -0.3 is 15.5 Å². The molecule has 2 amide bonds. The van der Waals surface area contributed by atoms with Gasteiger partial charge in [-0.15, -0.1) is 0 Å². The smallest absolute Gasteiger partial charge is 0.227 e. The van der Waals surface area contributed by atoms with Crippen LogP contribution in [0.4, 0.5) is 11.5 Å². The molecular formula is C23H33N5O2. The number of aromatic nitrogens is 2. The van der Waals surface area contributed by atoms with Crippen LogP contribution in [0.15, 0.2) is 30.3 Å². The van der Waals surface area contributed by atoms with Crippen LogP contribution in [0.25, 0.3) is 5.69 Å². The fourth-order valence-corrected chi connectivity index (χ4v) is 3.72. The normalized spacial score (nSPS) is 14.8. The summed E-state index contributed by atoms with van der Waals surface area (Å²) in [7, 11) is 0. The van der Waals surface area contributed by atoms with Crippen LogP contribution in [-0.2, 0) is 9.59 Å². The molecule has 1 aromatic carbocycles. The minimum absolute atomic E-state index is 0.0270. The number of amides is 2. The largest absolute Gasteiger partial charge is 0.356 e. The molecule has 1 aromatic heterocycles. The molecule has 1 aliphatic heterocycles. The Hall–Kier alpha value is -2.83. The molecule has 0 unspecified atom stereocenters. The highest BCUT2D eigenvalue weighted by Crippen LogP contribution is 2.35. The topological polar surface area (TPSA) is 79.3 Å². The van der Waals surface area contributed by atoms with Crippen LogP contribution in [0, 0.1) is 18.8 Å². The molecule has 0 aliphatic carbocycles. The Balaban J connectivity index is 1.88. The molecular weight excluding hydrogens is 378 g/mol. The summed E-state index contributed by atoms with van der Waals surface area (Å²) < 4.78 is 1.91. The zero-order valence-corrected chi connectivity index (χ0v) is 18.4. The van der Waals surface area contributed by atoms with Gasteiger partial charge in [0.05, 0.1) is 11.4 Å². The zero-order valence-electron chi connectivity index (χ0n) is 18.4. The second-order valence-corrected chi connectivity index (χ2v) is 8.23.